The summed E-state index contributed by atoms with van der Waals surface area (Å²) >= 11 is 9.31. The Kier molecular flexibility index (Phi) is 3.00. The molecule has 0 aromatic heterocycles. The van der Waals surface area contributed by atoms with Crippen molar-refractivity contribution < 1.29 is 9.47 Å². The monoisotopic (exact) mass is 276 g/mol. The largest absolute Gasteiger partial charge is 0.489 e. The summed E-state index contributed by atoms with van der Waals surface area (Å²) in [6.45, 7) is 3.39. The van der Waals surface area contributed by atoms with Gasteiger partial charge in [-0.3, -0.25) is 0 Å². The maximum atomic E-state index is 5.89. The second-order valence-corrected chi connectivity index (χ2v) is 4.59. The summed E-state index contributed by atoms with van der Waals surface area (Å²) in [4.78, 5) is 0. The van der Waals surface area contributed by atoms with Gasteiger partial charge in [0.25, 0.3) is 0 Å². The Morgan fingerprint density at radius 1 is 1.64 bits per heavy atom. The van der Waals surface area contributed by atoms with Crippen LogP contribution in [0.3, 0.4) is 0 Å². The van der Waals surface area contributed by atoms with Crippen LogP contribution in [0.1, 0.15) is 5.56 Å². The minimum absolute atomic E-state index is 0.275. The third-order valence-corrected chi connectivity index (χ3v) is 2.82. The van der Waals surface area contributed by atoms with Crippen LogP contribution in [0.15, 0.2) is 16.6 Å². The molecule has 1 fully saturated rings. The lowest BCUT2D eigenvalue weighted by Gasteiger charge is -2.10. The molecule has 0 unspecified atom stereocenters. The van der Waals surface area contributed by atoms with Crippen molar-refractivity contribution in [3.8, 4) is 5.75 Å². The van der Waals surface area contributed by atoms with Crippen LogP contribution in [-0.2, 0) is 4.74 Å². The molecule has 1 aliphatic heterocycles. The van der Waals surface area contributed by atoms with E-state index in [1.807, 2.05) is 19.1 Å². The van der Waals surface area contributed by atoms with Crippen molar-refractivity contribution >= 4 is 27.5 Å². The normalized spacial score (nSPS) is 19.5. The summed E-state index contributed by atoms with van der Waals surface area (Å²) in [6.07, 6.45) is 0.275. The van der Waals surface area contributed by atoms with Crippen molar-refractivity contribution in [2.75, 3.05) is 13.2 Å². The molecule has 1 aliphatic rings. The smallest absolute Gasteiger partial charge is 0.136 e. The van der Waals surface area contributed by atoms with Crippen LogP contribution in [0, 0.1) is 6.92 Å². The molecule has 14 heavy (non-hydrogen) atoms. The molecule has 0 amide bonds. The fourth-order valence-electron chi connectivity index (χ4n) is 1.21. The van der Waals surface area contributed by atoms with Crippen LogP contribution in [0.5, 0.6) is 5.75 Å². The molecule has 1 aromatic carbocycles. The first-order valence-electron chi connectivity index (χ1n) is 4.37. The molecule has 4 heteroatoms. The summed E-state index contributed by atoms with van der Waals surface area (Å²) < 4.78 is 11.6. The first-order chi connectivity index (χ1) is 6.66. The zero-order valence-corrected chi connectivity index (χ0v) is 10.1. The molecular formula is C10H10BrClO2. The summed E-state index contributed by atoms with van der Waals surface area (Å²) in [7, 11) is 0. The van der Waals surface area contributed by atoms with Crippen molar-refractivity contribution in [2.45, 2.75) is 13.0 Å². The number of hydrogen-bond acceptors (Lipinski definition) is 2. The summed E-state index contributed by atoms with van der Waals surface area (Å²) in [5.74, 6) is 0.852. The Morgan fingerprint density at radius 2 is 2.36 bits per heavy atom. The van der Waals surface area contributed by atoms with Gasteiger partial charge < -0.3 is 9.47 Å². The summed E-state index contributed by atoms with van der Waals surface area (Å²) in [6, 6.07) is 3.72. The summed E-state index contributed by atoms with van der Waals surface area (Å²) in [5, 5.41) is 0.712. The standard InChI is InChI=1S/C10H10BrClO2/c1-6-2-7(12)3-9(11)10(6)14-5-8-4-13-8/h2-3,8H,4-5H2,1H3/t8-/m0/s1. The molecule has 2 rings (SSSR count). The zero-order valence-electron chi connectivity index (χ0n) is 7.72. The fraction of sp³-hybridized carbons (Fsp3) is 0.400. The highest BCUT2D eigenvalue weighted by atomic mass is 79.9. The maximum absolute atomic E-state index is 5.89. The molecule has 1 aromatic rings. The predicted molar refractivity (Wildman–Crippen MR) is 59.1 cm³/mol. The lowest BCUT2D eigenvalue weighted by Crippen LogP contribution is -2.05. The zero-order chi connectivity index (χ0) is 10.1. The van der Waals surface area contributed by atoms with E-state index in [4.69, 9.17) is 21.1 Å². The molecule has 0 radical (unpaired) electrons. The van der Waals surface area contributed by atoms with Gasteiger partial charge in [-0.1, -0.05) is 11.6 Å². The van der Waals surface area contributed by atoms with Gasteiger partial charge in [0.1, 0.15) is 18.5 Å². The summed E-state index contributed by atoms with van der Waals surface area (Å²) in [5.41, 5.74) is 1.03. The molecule has 0 saturated carbocycles. The number of hydrogen-bond donors (Lipinski definition) is 0. The number of ether oxygens (including phenoxy) is 2. The van der Waals surface area contributed by atoms with Gasteiger partial charge in [-0.05, 0) is 40.5 Å². The van der Waals surface area contributed by atoms with E-state index >= 15 is 0 Å². The average Bonchev–Trinajstić information content (AvgIpc) is 2.85. The van der Waals surface area contributed by atoms with E-state index in [1.165, 1.54) is 0 Å². The second kappa shape index (κ2) is 4.09. The Bertz CT molecular complexity index is 327. The Hall–Kier alpha value is -0.250. The van der Waals surface area contributed by atoms with E-state index in [0.29, 0.717) is 11.6 Å². The van der Waals surface area contributed by atoms with Crippen LogP contribution >= 0.6 is 27.5 Å². The van der Waals surface area contributed by atoms with Gasteiger partial charge >= 0.3 is 0 Å². The van der Waals surface area contributed by atoms with Crippen molar-refractivity contribution in [2.24, 2.45) is 0 Å². The second-order valence-electron chi connectivity index (χ2n) is 3.30. The number of aryl methyl sites for hydroxylation is 1. The molecule has 0 bridgehead atoms. The Labute approximate surface area is 96.3 Å². The Morgan fingerprint density at radius 3 is 2.93 bits per heavy atom. The lowest BCUT2D eigenvalue weighted by molar-refractivity contribution is 0.260. The molecule has 76 valence electrons. The van der Waals surface area contributed by atoms with Crippen LogP contribution in [0.4, 0.5) is 0 Å². The lowest BCUT2D eigenvalue weighted by atomic mass is 10.2. The van der Waals surface area contributed by atoms with Gasteiger partial charge in [-0.25, -0.2) is 0 Å². The third kappa shape index (κ3) is 2.41. The quantitative estimate of drug-likeness (QED) is 0.792. The van der Waals surface area contributed by atoms with Gasteiger partial charge in [-0.15, -0.1) is 0 Å². The van der Waals surface area contributed by atoms with E-state index in [9.17, 15) is 0 Å². The predicted octanol–water partition coefficient (Wildman–Crippen LogP) is 3.19. The van der Waals surface area contributed by atoms with E-state index < -0.39 is 0 Å². The van der Waals surface area contributed by atoms with Crippen LogP contribution in [0.25, 0.3) is 0 Å². The molecule has 0 spiro atoms. The van der Waals surface area contributed by atoms with Crippen molar-refractivity contribution in [1.29, 1.82) is 0 Å². The number of epoxide rings is 1. The molecule has 1 heterocycles. The third-order valence-electron chi connectivity index (χ3n) is 2.01. The maximum Gasteiger partial charge on any atom is 0.136 e. The highest BCUT2D eigenvalue weighted by Gasteiger charge is 2.23. The van der Waals surface area contributed by atoms with Crippen molar-refractivity contribution in [3.63, 3.8) is 0 Å². The number of benzene rings is 1. The van der Waals surface area contributed by atoms with Crippen molar-refractivity contribution in [1.82, 2.24) is 0 Å². The number of halogens is 2. The molecule has 0 aliphatic carbocycles. The van der Waals surface area contributed by atoms with Gasteiger partial charge in [0.15, 0.2) is 0 Å². The number of rotatable bonds is 3. The fourth-order valence-corrected chi connectivity index (χ4v) is 2.29. The van der Waals surface area contributed by atoms with Crippen LogP contribution < -0.4 is 4.74 Å². The average molecular weight is 278 g/mol. The van der Waals surface area contributed by atoms with E-state index in [1.54, 1.807) is 0 Å². The van der Waals surface area contributed by atoms with Gasteiger partial charge in [0.05, 0.1) is 11.1 Å². The highest BCUT2D eigenvalue weighted by Crippen LogP contribution is 2.32. The highest BCUT2D eigenvalue weighted by molar-refractivity contribution is 9.10. The molecule has 1 saturated heterocycles. The molecular weight excluding hydrogens is 267 g/mol. The van der Waals surface area contributed by atoms with Gasteiger partial charge in [0, 0.05) is 5.02 Å². The topological polar surface area (TPSA) is 21.8 Å². The van der Waals surface area contributed by atoms with E-state index in [0.717, 1.165) is 22.4 Å². The van der Waals surface area contributed by atoms with E-state index in [2.05, 4.69) is 15.9 Å². The van der Waals surface area contributed by atoms with Gasteiger partial charge in [-0.2, -0.15) is 0 Å². The van der Waals surface area contributed by atoms with E-state index in [-0.39, 0.29) is 6.10 Å². The van der Waals surface area contributed by atoms with Crippen LogP contribution in [0.2, 0.25) is 5.02 Å². The Balaban J connectivity index is 2.13. The SMILES string of the molecule is Cc1cc(Cl)cc(Br)c1OC[C@@H]1CO1. The van der Waals surface area contributed by atoms with Gasteiger partial charge in [0.2, 0.25) is 0 Å². The first kappa shape index (κ1) is 10.3. The minimum atomic E-state index is 0.275. The first-order valence-corrected chi connectivity index (χ1v) is 5.54. The molecule has 1 atom stereocenters. The molecule has 0 N–H and O–H groups in total. The molecule has 2 nitrogen and oxygen atoms in total. The van der Waals surface area contributed by atoms with Crippen molar-refractivity contribution in [3.05, 3.63) is 27.2 Å². The van der Waals surface area contributed by atoms with Crippen LogP contribution in [-0.4, -0.2) is 19.3 Å². The minimum Gasteiger partial charge on any atom is -0.489 e.